The van der Waals surface area contributed by atoms with Crippen molar-refractivity contribution in [1.29, 1.82) is 0 Å². The lowest BCUT2D eigenvalue weighted by Gasteiger charge is -2.13. The summed E-state index contributed by atoms with van der Waals surface area (Å²) in [6.45, 7) is 8.12. The van der Waals surface area contributed by atoms with E-state index in [1.54, 1.807) is 12.4 Å². The average Bonchev–Trinajstić information content (AvgIpc) is 2.16. The van der Waals surface area contributed by atoms with Crippen molar-refractivity contribution in [3.8, 4) is 5.88 Å². The third kappa shape index (κ3) is 4.35. The molecule has 4 heteroatoms. The van der Waals surface area contributed by atoms with Gasteiger partial charge in [-0.1, -0.05) is 13.8 Å². The first-order chi connectivity index (χ1) is 7.49. The van der Waals surface area contributed by atoms with Crippen LogP contribution in [0.25, 0.3) is 0 Å². The summed E-state index contributed by atoms with van der Waals surface area (Å²) in [6, 6.07) is 0. The first-order valence-electron chi connectivity index (χ1n) is 5.60. The lowest BCUT2D eigenvalue weighted by Crippen LogP contribution is -2.13. The SMILES string of the molecule is CC(C)Oc1cncc(CC(Cl)C(C)C)n1. The largest absolute Gasteiger partial charge is 0.474 e. The second kappa shape index (κ2) is 6.04. The third-order valence-corrected chi connectivity index (χ3v) is 2.80. The molecule has 3 nitrogen and oxygen atoms in total. The Labute approximate surface area is 102 Å². The molecule has 0 aliphatic heterocycles. The normalized spacial score (nSPS) is 13.2. The fourth-order valence-electron chi connectivity index (χ4n) is 1.22. The van der Waals surface area contributed by atoms with Crippen molar-refractivity contribution in [1.82, 2.24) is 9.97 Å². The molecule has 90 valence electrons. The molecule has 1 atom stereocenters. The molecule has 0 aromatic carbocycles. The van der Waals surface area contributed by atoms with E-state index in [9.17, 15) is 0 Å². The summed E-state index contributed by atoms with van der Waals surface area (Å²) in [5, 5.41) is 0.0867. The van der Waals surface area contributed by atoms with Crippen LogP contribution in [0, 0.1) is 5.92 Å². The molecule has 1 rings (SSSR count). The number of alkyl halides is 1. The van der Waals surface area contributed by atoms with Crippen LogP contribution >= 0.6 is 11.6 Å². The quantitative estimate of drug-likeness (QED) is 0.745. The molecule has 0 N–H and O–H groups in total. The monoisotopic (exact) mass is 242 g/mol. The summed E-state index contributed by atoms with van der Waals surface area (Å²) in [5.41, 5.74) is 0.881. The van der Waals surface area contributed by atoms with Gasteiger partial charge >= 0.3 is 0 Å². The highest BCUT2D eigenvalue weighted by atomic mass is 35.5. The molecule has 0 radical (unpaired) electrons. The predicted molar refractivity (Wildman–Crippen MR) is 66.0 cm³/mol. The lowest BCUT2D eigenvalue weighted by atomic mass is 10.1. The van der Waals surface area contributed by atoms with E-state index >= 15 is 0 Å². The number of rotatable bonds is 5. The molecule has 0 aliphatic carbocycles. The molecule has 0 aliphatic rings. The fraction of sp³-hybridized carbons (Fsp3) is 0.667. The maximum absolute atomic E-state index is 6.20. The number of aromatic nitrogens is 2. The van der Waals surface area contributed by atoms with Gasteiger partial charge in [0.2, 0.25) is 5.88 Å². The third-order valence-electron chi connectivity index (χ3n) is 2.15. The zero-order chi connectivity index (χ0) is 12.1. The van der Waals surface area contributed by atoms with E-state index < -0.39 is 0 Å². The van der Waals surface area contributed by atoms with Gasteiger partial charge in [0.1, 0.15) is 0 Å². The van der Waals surface area contributed by atoms with Gasteiger partial charge in [0.15, 0.2) is 0 Å². The maximum Gasteiger partial charge on any atom is 0.232 e. The predicted octanol–water partition coefficient (Wildman–Crippen LogP) is 3.07. The van der Waals surface area contributed by atoms with E-state index in [4.69, 9.17) is 16.3 Å². The van der Waals surface area contributed by atoms with Crippen LogP contribution in [0.15, 0.2) is 12.4 Å². The van der Waals surface area contributed by atoms with E-state index in [2.05, 4.69) is 23.8 Å². The molecule has 0 saturated carbocycles. The Balaban J connectivity index is 2.67. The van der Waals surface area contributed by atoms with Gasteiger partial charge in [0.25, 0.3) is 0 Å². The summed E-state index contributed by atoms with van der Waals surface area (Å²) in [7, 11) is 0. The Hall–Kier alpha value is -0.830. The van der Waals surface area contributed by atoms with Crippen molar-refractivity contribution in [2.24, 2.45) is 5.92 Å². The van der Waals surface area contributed by atoms with Crippen LogP contribution in [0.2, 0.25) is 0 Å². The molecule has 0 fully saturated rings. The van der Waals surface area contributed by atoms with Crippen LogP contribution in [-0.4, -0.2) is 21.4 Å². The Morgan fingerprint density at radius 3 is 2.50 bits per heavy atom. The minimum atomic E-state index is 0.0867. The van der Waals surface area contributed by atoms with E-state index in [0.29, 0.717) is 11.8 Å². The molecule has 1 unspecified atom stereocenters. The van der Waals surface area contributed by atoms with E-state index in [1.807, 2.05) is 13.8 Å². The number of hydrogen-bond donors (Lipinski definition) is 0. The molecule has 1 aromatic rings. The van der Waals surface area contributed by atoms with Crippen molar-refractivity contribution in [3.05, 3.63) is 18.1 Å². The minimum absolute atomic E-state index is 0.0867. The van der Waals surface area contributed by atoms with Crippen LogP contribution in [0.5, 0.6) is 5.88 Å². The summed E-state index contributed by atoms with van der Waals surface area (Å²) in [6.07, 6.45) is 4.20. The van der Waals surface area contributed by atoms with Crippen LogP contribution in [0.4, 0.5) is 0 Å². The van der Waals surface area contributed by atoms with Crippen LogP contribution in [0.3, 0.4) is 0 Å². The van der Waals surface area contributed by atoms with Gasteiger partial charge in [-0.05, 0) is 19.8 Å². The van der Waals surface area contributed by atoms with Crippen LogP contribution in [0.1, 0.15) is 33.4 Å². The van der Waals surface area contributed by atoms with E-state index in [1.165, 1.54) is 0 Å². The highest BCUT2D eigenvalue weighted by Gasteiger charge is 2.12. The first-order valence-corrected chi connectivity index (χ1v) is 6.04. The molecular formula is C12H19ClN2O. The summed E-state index contributed by atoms with van der Waals surface area (Å²) >= 11 is 6.20. The average molecular weight is 243 g/mol. The molecule has 16 heavy (non-hydrogen) atoms. The second-order valence-corrected chi connectivity index (χ2v) is 5.04. The summed E-state index contributed by atoms with van der Waals surface area (Å²) < 4.78 is 5.48. The van der Waals surface area contributed by atoms with Gasteiger partial charge in [0, 0.05) is 18.0 Å². The maximum atomic E-state index is 6.20. The van der Waals surface area contributed by atoms with E-state index in [0.717, 1.165) is 12.1 Å². The topological polar surface area (TPSA) is 35.0 Å². The molecule has 0 saturated heterocycles. The molecule has 1 aromatic heterocycles. The highest BCUT2D eigenvalue weighted by Crippen LogP contribution is 2.16. The van der Waals surface area contributed by atoms with E-state index in [-0.39, 0.29) is 11.5 Å². The van der Waals surface area contributed by atoms with Crippen LogP contribution < -0.4 is 4.74 Å². The van der Waals surface area contributed by atoms with Gasteiger partial charge in [-0.2, -0.15) is 0 Å². The number of nitrogens with zero attached hydrogens (tertiary/aromatic N) is 2. The Morgan fingerprint density at radius 1 is 1.25 bits per heavy atom. The Bertz CT molecular complexity index is 329. The van der Waals surface area contributed by atoms with Gasteiger partial charge in [0.05, 0.1) is 18.0 Å². The second-order valence-electron chi connectivity index (χ2n) is 4.48. The zero-order valence-corrected chi connectivity index (χ0v) is 11.0. The Kier molecular flexibility index (Phi) is 5.00. The van der Waals surface area contributed by atoms with Gasteiger partial charge in [-0.3, -0.25) is 4.98 Å². The van der Waals surface area contributed by atoms with Gasteiger partial charge in [-0.15, -0.1) is 11.6 Å². The highest BCUT2D eigenvalue weighted by molar-refractivity contribution is 6.20. The molecule has 1 heterocycles. The Morgan fingerprint density at radius 2 is 1.94 bits per heavy atom. The zero-order valence-electron chi connectivity index (χ0n) is 10.3. The molecule has 0 bridgehead atoms. The molecule has 0 amide bonds. The minimum Gasteiger partial charge on any atom is -0.474 e. The van der Waals surface area contributed by atoms with Crippen molar-refractivity contribution in [2.75, 3.05) is 0 Å². The first kappa shape index (κ1) is 13.2. The number of hydrogen-bond acceptors (Lipinski definition) is 3. The van der Waals surface area contributed by atoms with Crippen molar-refractivity contribution < 1.29 is 4.74 Å². The fourth-order valence-corrected chi connectivity index (χ4v) is 1.38. The summed E-state index contributed by atoms with van der Waals surface area (Å²) in [5.74, 6) is 0.998. The summed E-state index contributed by atoms with van der Waals surface area (Å²) in [4.78, 5) is 8.47. The van der Waals surface area contributed by atoms with Crippen molar-refractivity contribution in [3.63, 3.8) is 0 Å². The lowest BCUT2D eigenvalue weighted by molar-refractivity contribution is 0.231. The number of ether oxygens (including phenoxy) is 1. The number of halogens is 1. The van der Waals surface area contributed by atoms with Crippen molar-refractivity contribution in [2.45, 2.75) is 45.6 Å². The smallest absolute Gasteiger partial charge is 0.232 e. The van der Waals surface area contributed by atoms with Crippen LogP contribution in [-0.2, 0) is 6.42 Å². The van der Waals surface area contributed by atoms with Gasteiger partial charge < -0.3 is 4.74 Å². The standard InChI is InChI=1S/C12H19ClN2O/c1-8(2)11(13)5-10-6-14-7-12(15-10)16-9(3)4/h6-9,11H,5H2,1-4H3. The van der Waals surface area contributed by atoms with Crippen molar-refractivity contribution >= 4 is 11.6 Å². The molecular weight excluding hydrogens is 224 g/mol. The van der Waals surface area contributed by atoms with Gasteiger partial charge in [-0.25, -0.2) is 4.98 Å². The molecule has 0 spiro atoms.